The average molecular weight is 296 g/mol. The van der Waals surface area contributed by atoms with Gasteiger partial charge in [-0.3, -0.25) is 14.5 Å². The summed E-state index contributed by atoms with van der Waals surface area (Å²) in [7, 11) is 0. The number of rotatable bonds is 8. The highest BCUT2D eigenvalue weighted by molar-refractivity contribution is 5.78. The van der Waals surface area contributed by atoms with E-state index in [1.54, 1.807) is 0 Å². The zero-order valence-electron chi connectivity index (χ0n) is 13.0. The first-order valence-corrected chi connectivity index (χ1v) is 8.11. The van der Waals surface area contributed by atoms with Crippen LogP contribution in [0.3, 0.4) is 0 Å². The lowest BCUT2D eigenvalue weighted by Crippen LogP contribution is -2.45. The van der Waals surface area contributed by atoms with Crippen molar-refractivity contribution in [2.24, 2.45) is 5.92 Å². The van der Waals surface area contributed by atoms with Crippen molar-refractivity contribution in [2.75, 3.05) is 39.3 Å². The molecular formula is C15H28N4O2. The second-order valence-corrected chi connectivity index (χ2v) is 6.21. The Morgan fingerprint density at radius 2 is 1.95 bits per heavy atom. The zero-order chi connectivity index (χ0) is 15.1. The molecule has 1 saturated carbocycles. The minimum atomic E-state index is -0.0614. The standard InChI is InChI=1S/C15H28N4O2/c1-12(20)17-7-8-18-15(21)11-19(14-4-5-14)10-13-3-2-6-16-9-13/h13-14,16H,2-11H2,1H3,(H,17,20)(H,18,21). The molecule has 1 heterocycles. The van der Waals surface area contributed by atoms with Gasteiger partial charge in [-0.05, 0) is 44.7 Å². The number of carbonyl (C=O) groups is 2. The number of nitrogens with zero attached hydrogens (tertiary/aromatic N) is 1. The van der Waals surface area contributed by atoms with Crippen LogP contribution in [0.25, 0.3) is 0 Å². The summed E-state index contributed by atoms with van der Waals surface area (Å²) < 4.78 is 0. The molecule has 1 unspecified atom stereocenters. The second-order valence-electron chi connectivity index (χ2n) is 6.21. The van der Waals surface area contributed by atoms with Gasteiger partial charge >= 0.3 is 0 Å². The van der Waals surface area contributed by atoms with Gasteiger partial charge in [-0.15, -0.1) is 0 Å². The second kappa shape index (κ2) is 8.34. The van der Waals surface area contributed by atoms with Crippen LogP contribution in [0.5, 0.6) is 0 Å². The van der Waals surface area contributed by atoms with Crippen molar-refractivity contribution >= 4 is 11.8 Å². The molecule has 2 rings (SSSR count). The number of hydrogen-bond acceptors (Lipinski definition) is 4. The van der Waals surface area contributed by atoms with Gasteiger partial charge in [0.1, 0.15) is 0 Å². The molecule has 0 radical (unpaired) electrons. The smallest absolute Gasteiger partial charge is 0.234 e. The average Bonchev–Trinajstić information content (AvgIpc) is 3.28. The fraction of sp³-hybridized carbons (Fsp3) is 0.867. The molecule has 1 aliphatic carbocycles. The maximum atomic E-state index is 12.0. The van der Waals surface area contributed by atoms with E-state index in [2.05, 4.69) is 20.9 Å². The van der Waals surface area contributed by atoms with E-state index in [1.165, 1.54) is 32.6 Å². The van der Waals surface area contributed by atoms with Crippen LogP contribution in [-0.4, -0.2) is 62.0 Å². The summed E-state index contributed by atoms with van der Waals surface area (Å²) in [5.74, 6) is 0.677. The molecule has 0 aromatic heterocycles. The van der Waals surface area contributed by atoms with Crippen LogP contribution in [0.1, 0.15) is 32.6 Å². The zero-order valence-corrected chi connectivity index (χ0v) is 13.0. The van der Waals surface area contributed by atoms with Gasteiger partial charge in [-0.1, -0.05) is 0 Å². The minimum absolute atomic E-state index is 0.0614. The highest BCUT2D eigenvalue weighted by Gasteiger charge is 2.31. The van der Waals surface area contributed by atoms with Gasteiger partial charge in [0.2, 0.25) is 11.8 Å². The summed E-state index contributed by atoms with van der Waals surface area (Å²) in [6.07, 6.45) is 4.95. The Morgan fingerprint density at radius 3 is 2.57 bits per heavy atom. The van der Waals surface area contributed by atoms with Crippen LogP contribution in [0.2, 0.25) is 0 Å². The fourth-order valence-corrected chi connectivity index (χ4v) is 2.87. The SMILES string of the molecule is CC(=O)NCCNC(=O)CN(CC1CCCNC1)C1CC1. The van der Waals surface area contributed by atoms with Gasteiger partial charge in [-0.2, -0.15) is 0 Å². The lowest BCUT2D eigenvalue weighted by atomic mass is 9.99. The Labute approximate surface area is 127 Å². The van der Waals surface area contributed by atoms with Crippen molar-refractivity contribution in [3.63, 3.8) is 0 Å². The van der Waals surface area contributed by atoms with Crippen LogP contribution in [-0.2, 0) is 9.59 Å². The molecule has 3 N–H and O–H groups in total. The number of nitrogens with one attached hydrogen (secondary N) is 3. The Balaban J connectivity index is 1.66. The summed E-state index contributed by atoms with van der Waals surface area (Å²) in [5, 5.41) is 8.99. The van der Waals surface area contributed by atoms with Gasteiger partial charge in [0.15, 0.2) is 0 Å². The molecule has 0 aromatic rings. The van der Waals surface area contributed by atoms with Crippen LogP contribution in [0, 0.1) is 5.92 Å². The van der Waals surface area contributed by atoms with Crippen LogP contribution in [0.4, 0.5) is 0 Å². The van der Waals surface area contributed by atoms with Crippen molar-refractivity contribution in [1.29, 1.82) is 0 Å². The third-order valence-electron chi connectivity index (χ3n) is 4.12. The Kier molecular flexibility index (Phi) is 6.45. The van der Waals surface area contributed by atoms with E-state index in [1.807, 2.05) is 0 Å². The molecule has 120 valence electrons. The molecule has 6 nitrogen and oxygen atoms in total. The van der Waals surface area contributed by atoms with E-state index in [0.29, 0.717) is 31.6 Å². The van der Waals surface area contributed by atoms with Gasteiger partial charge in [0, 0.05) is 32.6 Å². The summed E-state index contributed by atoms with van der Waals surface area (Å²) in [5.41, 5.74) is 0. The van der Waals surface area contributed by atoms with Crippen molar-refractivity contribution in [3.8, 4) is 0 Å². The molecule has 2 aliphatic rings. The molecule has 0 aromatic carbocycles. The monoisotopic (exact) mass is 296 g/mol. The molecule has 1 saturated heterocycles. The van der Waals surface area contributed by atoms with E-state index in [4.69, 9.17) is 0 Å². The van der Waals surface area contributed by atoms with Crippen molar-refractivity contribution < 1.29 is 9.59 Å². The van der Waals surface area contributed by atoms with Gasteiger partial charge < -0.3 is 16.0 Å². The predicted molar refractivity (Wildman–Crippen MR) is 81.9 cm³/mol. The third kappa shape index (κ3) is 6.44. The Bertz CT molecular complexity index is 352. The van der Waals surface area contributed by atoms with Gasteiger partial charge in [0.05, 0.1) is 6.54 Å². The van der Waals surface area contributed by atoms with Gasteiger partial charge in [0.25, 0.3) is 0 Å². The summed E-state index contributed by atoms with van der Waals surface area (Å²) >= 11 is 0. The van der Waals surface area contributed by atoms with Crippen LogP contribution < -0.4 is 16.0 Å². The van der Waals surface area contributed by atoms with Gasteiger partial charge in [-0.25, -0.2) is 0 Å². The van der Waals surface area contributed by atoms with Crippen molar-refractivity contribution in [1.82, 2.24) is 20.9 Å². The molecule has 6 heteroatoms. The topological polar surface area (TPSA) is 73.5 Å². The highest BCUT2D eigenvalue weighted by atomic mass is 16.2. The molecule has 1 atom stereocenters. The first-order valence-electron chi connectivity index (χ1n) is 8.11. The van der Waals surface area contributed by atoms with E-state index in [0.717, 1.165) is 19.6 Å². The van der Waals surface area contributed by atoms with E-state index in [-0.39, 0.29) is 11.8 Å². The highest BCUT2D eigenvalue weighted by Crippen LogP contribution is 2.28. The Hall–Kier alpha value is -1.14. The normalized spacial score (nSPS) is 22.1. The molecule has 1 aliphatic heterocycles. The largest absolute Gasteiger partial charge is 0.355 e. The maximum absolute atomic E-state index is 12.0. The van der Waals surface area contributed by atoms with Crippen LogP contribution >= 0.6 is 0 Å². The Morgan fingerprint density at radius 1 is 1.19 bits per heavy atom. The summed E-state index contributed by atoms with van der Waals surface area (Å²) in [4.78, 5) is 25.1. The fourth-order valence-electron chi connectivity index (χ4n) is 2.87. The first-order chi connectivity index (χ1) is 10.1. The molecule has 0 spiro atoms. The first kappa shape index (κ1) is 16.2. The number of amides is 2. The van der Waals surface area contributed by atoms with Crippen molar-refractivity contribution in [2.45, 2.75) is 38.6 Å². The van der Waals surface area contributed by atoms with E-state index in [9.17, 15) is 9.59 Å². The lowest BCUT2D eigenvalue weighted by molar-refractivity contribution is -0.123. The minimum Gasteiger partial charge on any atom is -0.355 e. The third-order valence-corrected chi connectivity index (χ3v) is 4.12. The number of carbonyl (C=O) groups excluding carboxylic acids is 2. The molecule has 2 fully saturated rings. The number of piperidine rings is 1. The molecule has 2 amide bonds. The van der Waals surface area contributed by atoms with E-state index < -0.39 is 0 Å². The van der Waals surface area contributed by atoms with Crippen molar-refractivity contribution in [3.05, 3.63) is 0 Å². The summed E-state index contributed by atoms with van der Waals surface area (Å²) in [6.45, 7) is 6.20. The molecular weight excluding hydrogens is 268 g/mol. The molecule has 21 heavy (non-hydrogen) atoms. The number of hydrogen-bond donors (Lipinski definition) is 3. The molecule has 0 bridgehead atoms. The van der Waals surface area contributed by atoms with E-state index >= 15 is 0 Å². The quantitative estimate of drug-likeness (QED) is 0.538. The van der Waals surface area contributed by atoms with Crippen LogP contribution in [0.15, 0.2) is 0 Å². The predicted octanol–water partition coefficient (Wildman–Crippen LogP) is -0.297. The summed E-state index contributed by atoms with van der Waals surface area (Å²) in [6, 6.07) is 0.605. The maximum Gasteiger partial charge on any atom is 0.234 e. The lowest BCUT2D eigenvalue weighted by Gasteiger charge is -2.29.